The van der Waals surface area contributed by atoms with Gasteiger partial charge in [0.1, 0.15) is 5.69 Å². The summed E-state index contributed by atoms with van der Waals surface area (Å²) in [6.07, 6.45) is -9.44. The van der Waals surface area contributed by atoms with Gasteiger partial charge in [-0.3, -0.25) is 4.79 Å². The molecule has 11 heteroatoms. The summed E-state index contributed by atoms with van der Waals surface area (Å²) in [4.78, 5) is 20.0. The number of aromatic nitrogens is 2. The number of amides is 1. The molecule has 2 aromatic carbocycles. The highest BCUT2D eigenvalue weighted by molar-refractivity contribution is 8.00. The van der Waals surface area contributed by atoms with Crippen LogP contribution in [0.3, 0.4) is 0 Å². The number of halogens is 6. The van der Waals surface area contributed by atoms with Crippen LogP contribution < -0.4 is 5.32 Å². The zero-order valence-electron chi connectivity index (χ0n) is 16.3. The Morgan fingerprint density at radius 3 is 2.16 bits per heavy atom. The Morgan fingerprint density at radius 1 is 0.906 bits per heavy atom. The van der Waals surface area contributed by atoms with Crippen molar-refractivity contribution in [1.29, 1.82) is 0 Å². The first-order chi connectivity index (χ1) is 14.9. The number of hydrogen-bond donors (Lipinski definition) is 1. The lowest BCUT2D eigenvalue weighted by molar-refractivity contribution is -0.141. The van der Waals surface area contributed by atoms with E-state index in [0.717, 1.165) is 18.2 Å². The fourth-order valence-corrected chi connectivity index (χ4v) is 3.45. The van der Waals surface area contributed by atoms with E-state index in [1.54, 1.807) is 30.3 Å². The van der Waals surface area contributed by atoms with Crippen LogP contribution in [0.25, 0.3) is 11.3 Å². The Labute approximate surface area is 183 Å². The smallest absolute Gasteiger partial charge is 0.325 e. The van der Waals surface area contributed by atoms with Crippen molar-refractivity contribution in [3.05, 3.63) is 71.9 Å². The van der Waals surface area contributed by atoms with Crippen molar-refractivity contribution in [2.75, 3.05) is 5.32 Å². The minimum absolute atomic E-state index is 0.00505. The molecule has 168 valence electrons. The van der Waals surface area contributed by atoms with E-state index in [9.17, 15) is 31.1 Å². The number of anilines is 1. The van der Waals surface area contributed by atoms with Gasteiger partial charge in [0, 0.05) is 5.56 Å². The minimum atomic E-state index is -4.75. The number of alkyl halides is 6. The van der Waals surface area contributed by atoms with E-state index in [0.29, 0.717) is 17.3 Å². The fraction of sp³-hybridized carbons (Fsp3) is 0.190. The third-order valence-corrected chi connectivity index (χ3v) is 5.17. The van der Waals surface area contributed by atoms with Crippen LogP contribution in [0.5, 0.6) is 0 Å². The van der Waals surface area contributed by atoms with Crippen molar-refractivity contribution in [2.24, 2.45) is 0 Å². The fourth-order valence-electron chi connectivity index (χ4n) is 2.67. The summed E-state index contributed by atoms with van der Waals surface area (Å²) >= 11 is 0.608. The highest BCUT2D eigenvalue weighted by Crippen LogP contribution is 2.36. The summed E-state index contributed by atoms with van der Waals surface area (Å²) in [7, 11) is 0. The highest BCUT2D eigenvalue weighted by Gasteiger charge is 2.35. The quantitative estimate of drug-likeness (QED) is 0.270. The third-order valence-electron chi connectivity index (χ3n) is 4.21. The molecule has 0 spiro atoms. The number of nitrogens with zero attached hydrogens (tertiary/aromatic N) is 2. The Balaban J connectivity index is 1.86. The number of benzene rings is 2. The van der Waals surface area contributed by atoms with Crippen LogP contribution >= 0.6 is 11.8 Å². The van der Waals surface area contributed by atoms with Crippen LogP contribution in [0.4, 0.5) is 32.0 Å². The zero-order valence-corrected chi connectivity index (χ0v) is 17.1. The molecule has 0 aliphatic carbocycles. The molecule has 1 unspecified atom stereocenters. The van der Waals surface area contributed by atoms with Gasteiger partial charge in [-0.05, 0) is 25.1 Å². The topological polar surface area (TPSA) is 54.9 Å². The molecule has 0 saturated heterocycles. The van der Waals surface area contributed by atoms with E-state index >= 15 is 0 Å². The lowest BCUT2D eigenvalue weighted by atomic mass is 10.1. The summed E-state index contributed by atoms with van der Waals surface area (Å²) in [5, 5.41) is 0.762. The number of carbonyl (C=O) groups excluding carboxylic acids is 1. The molecule has 1 atom stereocenters. The zero-order chi connectivity index (χ0) is 23.5. The van der Waals surface area contributed by atoms with Crippen molar-refractivity contribution in [3.8, 4) is 11.3 Å². The molecule has 32 heavy (non-hydrogen) atoms. The normalized spacial score (nSPS) is 13.0. The Morgan fingerprint density at radius 2 is 1.53 bits per heavy atom. The summed E-state index contributed by atoms with van der Waals surface area (Å²) in [5.41, 5.74) is -2.26. The van der Waals surface area contributed by atoms with Crippen LogP contribution in [-0.4, -0.2) is 21.1 Å². The molecule has 0 aliphatic rings. The van der Waals surface area contributed by atoms with Gasteiger partial charge in [0.2, 0.25) is 5.91 Å². The van der Waals surface area contributed by atoms with Crippen LogP contribution in [0.15, 0.2) is 65.8 Å². The Kier molecular flexibility index (Phi) is 6.77. The monoisotopic (exact) mass is 471 g/mol. The maximum absolute atomic E-state index is 13.3. The van der Waals surface area contributed by atoms with Gasteiger partial charge in [0.25, 0.3) is 0 Å². The maximum Gasteiger partial charge on any atom is 0.433 e. The highest BCUT2D eigenvalue weighted by atomic mass is 32.2. The van der Waals surface area contributed by atoms with Crippen molar-refractivity contribution >= 4 is 23.4 Å². The molecule has 0 radical (unpaired) electrons. The SMILES string of the molecule is CC(Sc1nc(-c2ccccc2)cc(C(F)(F)F)n1)C(=O)Nc1ccccc1C(F)(F)F. The van der Waals surface area contributed by atoms with Crippen molar-refractivity contribution in [3.63, 3.8) is 0 Å². The van der Waals surface area contributed by atoms with Crippen molar-refractivity contribution in [1.82, 2.24) is 9.97 Å². The van der Waals surface area contributed by atoms with Gasteiger partial charge < -0.3 is 5.32 Å². The largest absolute Gasteiger partial charge is 0.433 e. The van der Waals surface area contributed by atoms with Gasteiger partial charge in [0.05, 0.1) is 22.2 Å². The number of hydrogen-bond acceptors (Lipinski definition) is 4. The lowest BCUT2D eigenvalue weighted by Crippen LogP contribution is -2.24. The van der Waals surface area contributed by atoms with Crippen LogP contribution in [-0.2, 0) is 17.1 Å². The molecule has 0 bridgehead atoms. The molecule has 0 saturated carbocycles. The third kappa shape index (κ3) is 5.78. The van der Waals surface area contributed by atoms with Gasteiger partial charge in [-0.2, -0.15) is 26.3 Å². The van der Waals surface area contributed by atoms with E-state index < -0.39 is 40.5 Å². The average Bonchev–Trinajstić information content (AvgIpc) is 2.73. The van der Waals surface area contributed by atoms with Crippen LogP contribution in [0, 0.1) is 0 Å². The molecule has 4 nitrogen and oxygen atoms in total. The maximum atomic E-state index is 13.3. The van der Waals surface area contributed by atoms with Gasteiger partial charge in [-0.25, -0.2) is 9.97 Å². The summed E-state index contributed by atoms with van der Waals surface area (Å²) in [6.45, 7) is 1.34. The summed E-state index contributed by atoms with van der Waals surface area (Å²) in [5.74, 6) is -0.839. The molecule has 0 aliphatic heterocycles. The molecule has 1 heterocycles. The second-order valence-electron chi connectivity index (χ2n) is 6.58. The van der Waals surface area contributed by atoms with Crippen molar-refractivity contribution in [2.45, 2.75) is 29.7 Å². The molecule has 3 aromatic rings. The average molecular weight is 471 g/mol. The summed E-state index contributed by atoms with van der Waals surface area (Å²) < 4.78 is 79.3. The first-order valence-corrected chi connectivity index (χ1v) is 9.98. The van der Waals surface area contributed by atoms with E-state index in [1.165, 1.54) is 19.1 Å². The molecular weight excluding hydrogens is 456 g/mol. The molecule has 1 N–H and O–H groups in total. The van der Waals surface area contributed by atoms with Gasteiger partial charge >= 0.3 is 12.4 Å². The Bertz CT molecular complexity index is 1100. The number of para-hydroxylation sites is 1. The van der Waals surface area contributed by atoms with E-state index in [2.05, 4.69) is 15.3 Å². The minimum Gasteiger partial charge on any atom is -0.325 e. The first-order valence-electron chi connectivity index (χ1n) is 9.10. The van der Waals surface area contributed by atoms with E-state index in [-0.39, 0.29) is 10.9 Å². The number of nitrogens with one attached hydrogen (secondary N) is 1. The number of carbonyl (C=O) groups is 1. The number of thioether (sulfide) groups is 1. The standard InChI is InChI=1S/C21H15F6N3OS/c1-12(18(31)28-15-10-6-5-9-14(15)20(22,23)24)32-19-29-16(13-7-3-2-4-8-13)11-17(30-19)21(25,26)27/h2-12H,1H3,(H,28,31). The predicted octanol–water partition coefficient (Wildman–Crippen LogP) is 6.30. The molecule has 1 amide bonds. The summed E-state index contributed by atoms with van der Waals surface area (Å²) in [6, 6.07) is 13.3. The second-order valence-corrected chi connectivity index (χ2v) is 7.89. The molecular formula is C21H15F6N3OS. The van der Waals surface area contributed by atoms with Crippen molar-refractivity contribution < 1.29 is 31.1 Å². The second kappa shape index (κ2) is 9.19. The van der Waals surface area contributed by atoms with E-state index in [4.69, 9.17) is 0 Å². The number of rotatable bonds is 5. The first kappa shape index (κ1) is 23.6. The van der Waals surface area contributed by atoms with Crippen LogP contribution in [0.2, 0.25) is 0 Å². The van der Waals surface area contributed by atoms with E-state index in [1.807, 2.05) is 0 Å². The molecule has 1 aromatic heterocycles. The molecule has 3 rings (SSSR count). The Hall–Kier alpha value is -3.08. The lowest BCUT2D eigenvalue weighted by Gasteiger charge is -2.16. The predicted molar refractivity (Wildman–Crippen MR) is 108 cm³/mol. The van der Waals surface area contributed by atoms with Gasteiger partial charge in [0.15, 0.2) is 5.16 Å². The van der Waals surface area contributed by atoms with Gasteiger partial charge in [-0.15, -0.1) is 0 Å². The van der Waals surface area contributed by atoms with Gasteiger partial charge in [-0.1, -0.05) is 54.2 Å². The van der Waals surface area contributed by atoms with Crippen LogP contribution in [0.1, 0.15) is 18.2 Å². The molecule has 0 fully saturated rings.